The number of benzene rings is 1. The maximum absolute atomic E-state index is 13.4. The van der Waals surface area contributed by atoms with Gasteiger partial charge in [-0.3, -0.25) is 13.7 Å². The zero-order valence-corrected chi connectivity index (χ0v) is 18.3. The maximum atomic E-state index is 13.4. The summed E-state index contributed by atoms with van der Waals surface area (Å²) in [6.45, 7) is 1.50. The van der Waals surface area contributed by atoms with Crippen molar-refractivity contribution >= 4 is 21.5 Å². The minimum absolute atomic E-state index is 0.229. The van der Waals surface area contributed by atoms with Crippen molar-refractivity contribution in [1.82, 2.24) is 19.0 Å². The second-order valence-electron chi connectivity index (χ2n) is 8.31. The van der Waals surface area contributed by atoms with Gasteiger partial charge < -0.3 is 4.90 Å². The lowest BCUT2D eigenvalue weighted by atomic mass is 9.86. The third-order valence-corrected chi connectivity index (χ3v) is 7.52. The number of rotatable bonds is 3. The number of nitrogens with zero attached hydrogens (tertiary/aromatic N) is 4. The summed E-state index contributed by atoms with van der Waals surface area (Å²) >= 11 is 0. The molecular weight excluding hydrogens is 429 g/mol. The van der Waals surface area contributed by atoms with Gasteiger partial charge in [-0.2, -0.15) is 18.3 Å². The second kappa shape index (κ2) is 7.67. The first-order chi connectivity index (χ1) is 14.5. The molecule has 0 spiro atoms. The number of piperidine rings is 1. The van der Waals surface area contributed by atoms with Crippen LogP contribution < -0.4 is 0 Å². The number of hydrogen-bond donors (Lipinski definition) is 0. The van der Waals surface area contributed by atoms with E-state index in [-0.39, 0.29) is 11.8 Å². The molecule has 1 aromatic carbocycles. The van der Waals surface area contributed by atoms with Crippen LogP contribution in [0.3, 0.4) is 0 Å². The number of amides is 1. The fourth-order valence-electron chi connectivity index (χ4n) is 4.47. The molecule has 0 aliphatic carbocycles. The number of aryl methyl sites for hydroxylation is 1. The van der Waals surface area contributed by atoms with Gasteiger partial charge in [0.2, 0.25) is 0 Å². The van der Waals surface area contributed by atoms with Gasteiger partial charge in [-0.25, -0.2) is 4.31 Å². The van der Waals surface area contributed by atoms with E-state index in [0.29, 0.717) is 50.3 Å². The fraction of sp³-hybridized carbons (Fsp3) is 0.476. The molecule has 6 nitrogen and oxygen atoms in total. The lowest BCUT2D eigenvalue weighted by Gasteiger charge is -2.33. The molecule has 0 N–H and O–H groups in total. The largest absolute Gasteiger partial charge is 0.416 e. The molecule has 1 aromatic heterocycles. The predicted molar refractivity (Wildman–Crippen MR) is 113 cm³/mol. The Morgan fingerprint density at radius 2 is 1.84 bits per heavy atom. The third kappa shape index (κ3) is 4.10. The lowest BCUT2D eigenvalue weighted by molar-refractivity contribution is -0.138. The second-order valence-corrected chi connectivity index (χ2v) is 10.7. The van der Waals surface area contributed by atoms with Gasteiger partial charge in [0.15, 0.2) is 5.69 Å². The number of halogens is 3. The summed E-state index contributed by atoms with van der Waals surface area (Å²) in [6, 6.07) is 5.67. The van der Waals surface area contributed by atoms with Crippen LogP contribution in [-0.2, 0) is 36.0 Å². The van der Waals surface area contributed by atoms with E-state index in [2.05, 4.69) is 11.0 Å². The van der Waals surface area contributed by atoms with Crippen LogP contribution in [0.4, 0.5) is 13.2 Å². The number of hydrogen-bond acceptors (Lipinski definition) is 3. The highest BCUT2D eigenvalue weighted by Gasteiger charge is 2.37. The number of carbonyl (C=O) groups is 1. The van der Waals surface area contributed by atoms with Crippen LogP contribution in [0.2, 0.25) is 0 Å². The Morgan fingerprint density at radius 3 is 2.45 bits per heavy atom. The molecule has 3 heterocycles. The summed E-state index contributed by atoms with van der Waals surface area (Å²) in [7, 11) is -0.653. The van der Waals surface area contributed by atoms with E-state index >= 15 is 0 Å². The van der Waals surface area contributed by atoms with Gasteiger partial charge in [-0.05, 0) is 36.3 Å². The summed E-state index contributed by atoms with van der Waals surface area (Å²) in [5.41, 5.74) is 1.63. The summed E-state index contributed by atoms with van der Waals surface area (Å²) in [4.78, 5) is 14.8. The first-order valence-corrected chi connectivity index (χ1v) is 12.1. The average Bonchev–Trinajstić information content (AvgIpc) is 3.28. The maximum Gasteiger partial charge on any atom is 0.416 e. The minimum atomic E-state index is -4.39. The molecule has 0 bridgehead atoms. The molecule has 0 radical (unpaired) electrons. The van der Waals surface area contributed by atoms with Gasteiger partial charge in [0, 0.05) is 48.2 Å². The molecule has 2 aliphatic heterocycles. The standard InChI is InChI=1S/C21H25F3N4O2S/c1-26-18-13-28(31(2,3)30)12-16(18)19(25-26)20(29)27-10-8-14(9-11-27)15-6-4-5-7-17(15)21(22,23)24/h4-7,14H,2,8-13H2,1,3H3. The topological polar surface area (TPSA) is 58.4 Å². The quantitative estimate of drug-likeness (QED) is 0.670. The van der Waals surface area contributed by atoms with Crippen molar-refractivity contribution in [2.24, 2.45) is 7.05 Å². The van der Waals surface area contributed by atoms with Crippen LogP contribution in [0.25, 0.3) is 0 Å². The van der Waals surface area contributed by atoms with Crippen molar-refractivity contribution in [1.29, 1.82) is 0 Å². The van der Waals surface area contributed by atoms with E-state index in [1.54, 1.807) is 33.3 Å². The van der Waals surface area contributed by atoms with Gasteiger partial charge in [-0.15, -0.1) is 0 Å². The zero-order chi connectivity index (χ0) is 22.6. The van der Waals surface area contributed by atoms with Gasteiger partial charge in [0.05, 0.1) is 17.8 Å². The molecule has 2 aliphatic rings. The Balaban J connectivity index is 1.50. The predicted octanol–water partition coefficient (Wildman–Crippen LogP) is 3.04. The Morgan fingerprint density at radius 1 is 1.19 bits per heavy atom. The number of likely N-dealkylation sites (tertiary alicyclic amines) is 1. The molecule has 168 valence electrons. The molecule has 1 fully saturated rings. The Hall–Kier alpha value is -2.33. The molecular formula is C21H25F3N4O2S. The number of carbonyl (C=O) groups excluding carboxylic acids is 1. The van der Waals surface area contributed by atoms with Crippen molar-refractivity contribution < 1.29 is 22.2 Å². The Bertz CT molecular complexity index is 1120. The number of aromatic nitrogens is 2. The minimum Gasteiger partial charge on any atom is -0.337 e. The highest BCUT2D eigenvalue weighted by molar-refractivity contribution is 7.97. The van der Waals surface area contributed by atoms with Crippen LogP contribution >= 0.6 is 0 Å². The molecule has 1 atom stereocenters. The summed E-state index contributed by atoms with van der Waals surface area (Å²) in [6.07, 6.45) is -1.91. The molecule has 1 unspecified atom stereocenters. The Kier molecular flexibility index (Phi) is 5.41. The highest BCUT2D eigenvalue weighted by Crippen LogP contribution is 2.39. The van der Waals surface area contributed by atoms with Crippen LogP contribution in [0.5, 0.6) is 0 Å². The molecule has 0 saturated carbocycles. The van der Waals surface area contributed by atoms with Crippen LogP contribution in [0.1, 0.15) is 51.6 Å². The average molecular weight is 455 g/mol. The van der Waals surface area contributed by atoms with Crippen LogP contribution in [0.15, 0.2) is 24.3 Å². The monoisotopic (exact) mass is 454 g/mol. The molecule has 1 saturated heterocycles. The molecule has 10 heteroatoms. The van der Waals surface area contributed by atoms with Gasteiger partial charge in [0.25, 0.3) is 5.91 Å². The molecule has 31 heavy (non-hydrogen) atoms. The van der Waals surface area contributed by atoms with Gasteiger partial charge >= 0.3 is 6.18 Å². The molecule has 1 amide bonds. The molecule has 4 rings (SSSR count). The van der Waals surface area contributed by atoms with E-state index in [9.17, 15) is 22.2 Å². The zero-order valence-electron chi connectivity index (χ0n) is 17.5. The number of fused-ring (bicyclic) bond motifs is 1. The lowest BCUT2D eigenvalue weighted by Crippen LogP contribution is -2.39. The highest BCUT2D eigenvalue weighted by atomic mass is 32.2. The van der Waals surface area contributed by atoms with Crippen LogP contribution in [-0.4, -0.2) is 54.3 Å². The van der Waals surface area contributed by atoms with E-state index in [1.165, 1.54) is 12.1 Å². The summed E-state index contributed by atoms with van der Waals surface area (Å²) < 4.78 is 55.8. The van der Waals surface area contributed by atoms with E-state index < -0.39 is 21.4 Å². The van der Waals surface area contributed by atoms with E-state index in [4.69, 9.17) is 0 Å². The van der Waals surface area contributed by atoms with Crippen molar-refractivity contribution in [2.45, 2.75) is 38.0 Å². The van der Waals surface area contributed by atoms with Crippen molar-refractivity contribution in [2.75, 3.05) is 19.3 Å². The Labute approximate surface area is 179 Å². The van der Waals surface area contributed by atoms with Crippen LogP contribution in [0, 0.1) is 0 Å². The first-order valence-electron chi connectivity index (χ1n) is 10.0. The first kappa shape index (κ1) is 21.9. The fourth-order valence-corrected chi connectivity index (χ4v) is 5.26. The van der Waals surface area contributed by atoms with Crippen molar-refractivity contribution in [3.8, 4) is 0 Å². The normalized spacial score (nSPS) is 20.0. The number of alkyl halides is 3. The SMILES string of the molecule is C=S(C)(=O)N1Cc2c(C(=O)N3CCC(c4ccccc4C(F)(F)F)CC3)nn(C)c2C1. The van der Waals surface area contributed by atoms with Crippen molar-refractivity contribution in [3.05, 3.63) is 52.3 Å². The van der Waals surface area contributed by atoms with Crippen molar-refractivity contribution in [3.63, 3.8) is 0 Å². The van der Waals surface area contributed by atoms with Gasteiger partial charge in [-0.1, -0.05) is 18.2 Å². The smallest absolute Gasteiger partial charge is 0.337 e. The summed E-state index contributed by atoms with van der Waals surface area (Å²) in [5, 5.41) is 4.38. The summed E-state index contributed by atoms with van der Waals surface area (Å²) in [5.74, 6) is 3.24. The molecule has 2 aromatic rings. The van der Waals surface area contributed by atoms with E-state index in [0.717, 1.165) is 17.3 Å². The van der Waals surface area contributed by atoms with Gasteiger partial charge in [0.1, 0.15) is 0 Å². The van der Waals surface area contributed by atoms with E-state index in [1.807, 2.05) is 0 Å². The third-order valence-electron chi connectivity index (χ3n) is 6.17.